The Morgan fingerprint density at radius 2 is 1.89 bits per heavy atom. The largest absolute Gasteiger partial charge is 0.383 e. The highest BCUT2D eigenvalue weighted by Gasteiger charge is 2.40. The molecule has 3 nitrogen and oxygen atoms in total. The van der Waals surface area contributed by atoms with E-state index in [0.717, 1.165) is 31.7 Å². The van der Waals surface area contributed by atoms with Crippen molar-refractivity contribution in [1.82, 2.24) is 0 Å². The lowest BCUT2D eigenvalue weighted by Crippen LogP contribution is -2.36. The Balaban J connectivity index is 2.04. The van der Waals surface area contributed by atoms with Crippen LogP contribution < -0.4 is 5.32 Å². The van der Waals surface area contributed by atoms with Crippen molar-refractivity contribution in [2.45, 2.75) is 37.0 Å². The van der Waals surface area contributed by atoms with Crippen LogP contribution in [0.25, 0.3) is 0 Å². The van der Waals surface area contributed by atoms with Crippen molar-refractivity contribution < 1.29 is 12.8 Å². The molecule has 104 valence electrons. The standard InChI is InChI=1S/C14H18FNO2S/c15-11-4-5-12-13(8-11)19(17,18)10-14(9-16-12)6-2-1-3-7-14/h4-5,8,16H,1-3,6-7,9-10H2. The molecule has 0 amide bonds. The van der Waals surface area contributed by atoms with E-state index in [1.54, 1.807) is 0 Å². The van der Waals surface area contributed by atoms with E-state index in [9.17, 15) is 12.8 Å². The molecule has 1 fully saturated rings. The van der Waals surface area contributed by atoms with Crippen LogP contribution in [0.3, 0.4) is 0 Å². The lowest BCUT2D eigenvalue weighted by Gasteiger charge is -2.35. The van der Waals surface area contributed by atoms with Crippen molar-refractivity contribution in [3.63, 3.8) is 0 Å². The number of fused-ring (bicyclic) bond motifs is 1. The maximum atomic E-state index is 13.3. The smallest absolute Gasteiger partial charge is 0.181 e. The summed E-state index contributed by atoms with van der Waals surface area (Å²) in [4.78, 5) is 0.120. The van der Waals surface area contributed by atoms with Crippen LogP contribution in [0.2, 0.25) is 0 Å². The molecule has 1 saturated carbocycles. The summed E-state index contributed by atoms with van der Waals surface area (Å²) >= 11 is 0. The van der Waals surface area contributed by atoms with Crippen molar-refractivity contribution >= 4 is 15.5 Å². The Bertz CT molecular complexity index is 591. The van der Waals surface area contributed by atoms with E-state index in [0.29, 0.717) is 12.2 Å². The monoisotopic (exact) mass is 283 g/mol. The average molecular weight is 283 g/mol. The molecule has 19 heavy (non-hydrogen) atoms. The van der Waals surface area contributed by atoms with Crippen LogP contribution in [0.15, 0.2) is 23.1 Å². The van der Waals surface area contributed by atoms with Crippen LogP contribution in [0.5, 0.6) is 0 Å². The topological polar surface area (TPSA) is 46.2 Å². The minimum atomic E-state index is -3.41. The van der Waals surface area contributed by atoms with E-state index < -0.39 is 15.7 Å². The molecule has 5 heteroatoms. The van der Waals surface area contributed by atoms with E-state index in [1.807, 2.05) is 0 Å². The third kappa shape index (κ3) is 2.36. The van der Waals surface area contributed by atoms with Gasteiger partial charge in [-0.05, 0) is 31.0 Å². The molecule has 0 bridgehead atoms. The number of hydrogen-bond acceptors (Lipinski definition) is 3. The van der Waals surface area contributed by atoms with Crippen molar-refractivity contribution in [2.24, 2.45) is 5.41 Å². The Labute approximate surface area is 113 Å². The molecule has 1 aromatic rings. The molecule has 3 rings (SSSR count). The van der Waals surface area contributed by atoms with Gasteiger partial charge in [0.25, 0.3) is 0 Å². The molecule has 0 aromatic heterocycles. The van der Waals surface area contributed by atoms with Crippen molar-refractivity contribution in [2.75, 3.05) is 17.6 Å². The molecule has 1 N–H and O–H groups in total. The maximum absolute atomic E-state index is 13.3. The third-order valence-electron chi connectivity index (χ3n) is 4.34. The number of sulfone groups is 1. The Morgan fingerprint density at radius 1 is 1.16 bits per heavy atom. The highest BCUT2D eigenvalue weighted by molar-refractivity contribution is 7.91. The SMILES string of the molecule is O=S1(=O)CC2(CCCCC2)CNc2ccc(F)cc21. The number of halogens is 1. The first-order chi connectivity index (χ1) is 9.01. The summed E-state index contributed by atoms with van der Waals surface area (Å²) in [5.41, 5.74) is 0.371. The molecule has 1 aromatic carbocycles. The minimum Gasteiger partial charge on any atom is -0.383 e. The van der Waals surface area contributed by atoms with Gasteiger partial charge in [-0.3, -0.25) is 0 Å². The molecule has 0 unspecified atom stereocenters. The predicted octanol–water partition coefficient (Wildman–Crippen LogP) is 2.98. The van der Waals surface area contributed by atoms with Gasteiger partial charge in [-0.25, -0.2) is 12.8 Å². The first-order valence-corrected chi connectivity index (χ1v) is 8.42. The summed E-state index contributed by atoms with van der Waals surface area (Å²) in [6, 6.07) is 3.98. The molecule has 1 spiro atoms. The molecular weight excluding hydrogens is 265 g/mol. The normalized spacial score (nSPS) is 24.3. The molecular formula is C14H18FNO2S. The molecule has 1 aliphatic heterocycles. The molecule has 0 radical (unpaired) electrons. The van der Waals surface area contributed by atoms with E-state index in [2.05, 4.69) is 5.32 Å². The fourth-order valence-electron chi connectivity index (χ4n) is 3.34. The predicted molar refractivity (Wildman–Crippen MR) is 72.5 cm³/mol. The van der Waals surface area contributed by atoms with Gasteiger partial charge in [-0.15, -0.1) is 0 Å². The van der Waals surface area contributed by atoms with Crippen LogP contribution in [0.1, 0.15) is 32.1 Å². The summed E-state index contributed by atoms with van der Waals surface area (Å²) in [5, 5.41) is 3.22. The van der Waals surface area contributed by atoms with Crippen LogP contribution in [-0.4, -0.2) is 20.7 Å². The van der Waals surface area contributed by atoms with E-state index >= 15 is 0 Å². The molecule has 1 aliphatic carbocycles. The lowest BCUT2D eigenvalue weighted by atomic mass is 9.75. The van der Waals surface area contributed by atoms with Gasteiger partial charge < -0.3 is 5.32 Å². The summed E-state index contributed by atoms with van der Waals surface area (Å²) in [5.74, 6) is -0.354. The van der Waals surface area contributed by atoms with Crippen LogP contribution >= 0.6 is 0 Å². The van der Waals surface area contributed by atoms with E-state index in [1.165, 1.54) is 18.6 Å². The van der Waals surface area contributed by atoms with Gasteiger partial charge in [-0.2, -0.15) is 0 Å². The highest BCUT2D eigenvalue weighted by Crippen LogP contribution is 2.42. The number of anilines is 1. The summed E-state index contributed by atoms with van der Waals surface area (Å²) in [7, 11) is -3.41. The molecule has 0 saturated heterocycles. The van der Waals surface area contributed by atoms with Gasteiger partial charge >= 0.3 is 0 Å². The van der Waals surface area contributed by atoms with E-state index in [4.69, 9.17) is 0 Å². The van der Waals surface area contributed by atoms with Gasteiger partial charge in [0.1, 0.15) is 5.82 Å². The first-order valence-electron chi connectivity index (χ1n) is 6.77. The Hall–Kier alpha value is -1.10. The zero-order chi connectivity index (χ0) is 13.5. The number of nitrogens with one attached hydrogen (secondary N) is 1. The van der Waals surface area contributed by atoms with E-state index in [-0.39, 0.29) is 16.1 Å². The quantitative estimate of drug-likeness (QED) is 0.796. The van der Waals surface area contributed by atoms with Crippen LogP contribution in [0.4, 0.5) is 10.1 Å². The number of benzene rings is 1. The van der Waals surface area contributed by atoms with Crippen LogP contribution in [0, 0.1) is 11.2 Å². The van der Waals surface area contributed by atoms with Crippen LogP contribution in [-0.2, 0) is 9.84 Å². The average Bonchev–Trinajstić information content (AvgIpc) is 2.47. The minimum absolute atomic E-state index is 0.120. The summed E-state index contributed by atoms with van der Waals surface area (Å²) < 4.78 is 38.3. The molecule has 0 atom stereocenters. The van der Waals surface area contributed by atoms with Gasteiger partial charge in [-0.1, -0.05) is 19.3 Å². The fraction of sp³-hybridized carbons (Fsp3) is 0.571. The second-order valence-electron chi connectivity index (χ2n) is 5.81. The van der Waals surface area contributed by atoms with Gasteiger partial charge in [0.15, 0.2) is 9.84 Å². The zero-order valence-electron chi connectivity index (χ0n) is 10.8. The van der Waals surface area contributed by atoms with Crippen molar-refractivity contribution in [3.05, 3.63) is 24.0 Å². The zero-order valence-corrected chi connectivity index (χ0v) is 11.6. The Morgan fingerprint density at radius 3 is 2.63 bits per heavy atom. The number of rotatable bonds is 0. The van der Waals surface area contributed by atoms with Gasteiger partial charge in [0, 0.05) is 12.0 Å². The first kappa shape index (κ1) is 12.9. The van der Waals surface area contributed by atoms with Crippen molar-refractivity contribution in [1.29, 1.82) is 0 Å². The highest BCUT2D eigenvalue weighted by atomic mass is 32.2. The number of hydrogen-bond donors (Lipinski definition) is 1. The fourth-order valence-corrected chi connectivity index (χ4v) is 5.46. The lowest BCUT2D eigenvalue weighted by molar-refractivity contribution is 0.237. The summed E-state index contributed by atoms with van der Waals surface area (Å²) in [6.45, 7) is 0.671. The second-order valence-corrected chi connectivity index (χ2v) is 7.77. The third-order valence-corrected chi connectivity index (χ3v) is 6.34. The second kappa shape index (κ2) is 4.47. The maximum Gasteiger partial charge on any atom is 0.181 e. The molecule has 1 heterocycles. The molecule has 2 aliphatic rings. The van der Waals surface area contributed by atoms with Gasteiger partial charge in [0.05, 0.1) is 16.3 Å². The summed E-state index contributed by atoms with van der Waals surface area (Å²) in [6.07, 6.45) is 5.23. The van der Waals surface area contributed by atoms with Crippen molar-refractivity contribution in [3.8, 4) is 0 Å². The Kier molecular flexibility index (Phi) is 3.04. The van der Waals surface area contributed by atoms with Gasteiger partial charge in [0.2, 0.25) is 0 Å².